The highest BCUT2D eigenvalue weighted by Crippen LogP contribution is 2.36. The zero-order valence-corrected chi connectivity index (χ0v) is 19.5. The van der Waals surface area contributed by atoms with Crippen molar-refractivity contribution < 1.29 is 23.9 Å². The van der Waals surface area contributed by atoms with Gasteiger partial charge in [0.15, 0.2) is 6.61 Å². The quantitative estimate of drug-likeness (QED) is 0.515. The molecule has 3 aliphatic rings. The first kappa shape index (κ1) is 23.4. The van der Waals surface area contributed by atoms with Crippen LogP contribution in [-0.2, 0) is 19.1 Å². The molecule has 0 unspecified atom stereocenters. The maximum atomic E-state index is 12.8. The van der Waals surface area contributed by atoms with Crippen molar-refractivity contribution in [1.29, 1.82) is 0 Å². The summed E-state index contributed by atoms with van der Waals surface area (Å²) in [5.74, 6) is -0.949. The highest BCUT2D eigenvalue weighted by molar-refractivity contribution is 6.33. The third-order valence-corrected chi connectivity index (χ3v) is 7.16. The van der Waals surface area contributed by atoms with Gasteiger partial charge >= 0.3 is 12.0 Å². The van der Waals surface area contributed by atoms with Crippen LogP contribution in [0.1, 0.15) is 32.6 Å². The van der Waals surface area contributed by atoms with E-state index in [1.807, 2.05) is 24.3 Å². The first-order valence-electron chi connectivity index (χ1n) is 11.4. The molecule has 2 heterocycles. The van der Waals surface area contributed by atoms with Crippen molar-refractivity contribution in [3.8, 4) is 0 Å². The molecule has 2 aliphatic heterocycles. The summed E-state index contributed by atoms with van der Waals surface area (Å²) in [7, 11) is 0. The number of nitrogens with one attached hydrogen (secondary N) is 1. The maximum absolute atomic E-state index is 12.8. The average molecular weight is 477 g/mol. The van der Waals surface area contributed by atoms with Gasteiger partial charge in [0, 0.05) is 26.2 Å². The number of ether oxygens (including phenoxy) is 1. The lowest BCUT2D eigenvalue weighted by molar-refractivity contribution is -0.154. The number of carbonyl (C=O) groups is 4. The van der Waals surface area contributed by atoms with Gasteiger partial charge in [-0.1, -0.05) is 30.7 Å². The molecule has 1 spiro atoms. The van der Waals surface area contributed by atoms with Crippen LogP contribution in [0.25, 0.3) is 0 Å². The Morgan fingerprint density at radius 1 is 1.12 bits per heavy atom. The largest absolute Gasteiger partial charge is 0.454 e. The predicted molar refractivity (Wildman–Crippen MR) is 122 cm³/mol. The Hall–Kier alpha value is -2.81. The molecule has 1 saturated carbocycles. The SMILES string of the molecule is CC1CCC2(CC1)NC(=O)N(CC(=O)OCC(=O)N1CCN(c3ccccc3Cl)CC1)C2=O. The normalized spacial score (nSPS) is 25.4. The van der Waals surface area contributed by atoms with E-state index in [1.54, 1.807) is 4.90 Å². The summed E-state index contributed by atoms with van der Waals surface area (Å²) in [6, 6.07) is 6.98. The monoisotopic (exact) mass is 476 g/mol. The Balaban J connectivity index is 1.23. The van der Waals surface area contributed by atoms with Gasteiger partial charge in [0.1, 0.15) is 12.1 Å². The van der Waals surface area contributed by atoms with E-state index < -0.39 is 30.7 Å². The highest BCUT2D eigenvalue weighted by Gasteiger charge is 2.52. The number of piperazine rings is 1. The van der Waals surface area contributed by atoms with Crippen molar-refractivity contribution in [2.24, 2.45) is 5.92 Å². The Labute approximate surface area is 198 Å². The van der Waals surface area contributed by atoms with Crippen LogP contribution in [-0.4, -0.2) is 78.5 Å². The van der Waals surface area contributed by atoms with Gasteiger partial charge in [-0.05, 0) is 43.7 Å². The van der Waals surface area contributed by atoms with Gasteiger partial charge in [-0.15, -0.1) is 0 Å². The van der Waals surface area contributed by atoms with Crippen LogP contribution >= 0.6 is 11.6 Å². The number of nitrogens with zero attached hydrogens (tertiary/aromatic N) is 3. The van der Waals surface area contributed by atoms with Gasteiger partial charge in [0.25, 0.3) is 11.8 Å². The number of hydrogen-bond donors (Lipinski definition) is 1. The number of benzene rings is 1. The number of amides is 4. The number of anilines is 1. The lowest BCUT2D eigenvalue weighted by Gasteiger charge is -2.36. The molecule has 2 saturated heterocycles. The number of urea groups is 1. The third-order valence-electron chi connectivity index (χ3n) is 6.84. The fourth-order valence-corrected chi connectivity index (χ4v) is 4.98. The van der Waals surface area contributed by atoms with Crippen LogP contribution in [0.2, 0.25) is 5.02 Å². The minimum Gasteiger partial charge on any atom is -0.454 e. The van der Waals surface area contributed by atoms with Crippen molar-refractivity contribution >= 4 is 41.1 Å². The van der Waals surface area contributed by atoms with Gasteiger partial charge in [-0.3, -0.25) is 19.3 Å². The van der Waals surface area contributed by atoms with Crippen LogP contribution in [0.4, 0.5) is 10.5 Å². The molecular weight excluding hydrogens is 448 g/mol. The van der Waals surface area contributed by atoms with E-state index in [0.29, 0.717) is 50.0 Å². The second-order valence-electron chi connectivity index (χ2n) is 9.07. The van der Waals surface area contributed by atoms with E-state index in [9.17, 15) is 19.2 Å². The molecule has 178 valence electrons. The minimum atomic E-state index is -0.902. The van der Waals surface area contributed by atoms with Crippen LogP contribution in [0.3, 0.4) is 0 Å². The standard InChI is InChI=1S/C23H29ClN4O5/c1-16-6-8-23(9-7-16)21(31)28(22(32)25-23)14-20(30)33-15-19(29)27-12-10-26(11-13-27)18-5-3-2-4-17(18)24/h2-5,16H,6-15H2,1H3,(H,25,32). The van der Waals surface area contributed by atoms with E-state index in [2.05, 4.69) is 17.1 Å². The van der Waals surface area contributed by atoms with Crippen molar-refractivity contribution in [3.05, 3.63) is 29.3 Å². The topological polar surface area (TPSA) is 99.3 Å². The van der Waals surface area contributed by atoms with Crippen molar-refractivity contribution in [1.82, 2.24) is 15.1 Å². The molecule has 4 rings (SSSR count). The third kappa shape index (κ3) is 4.93. The second kappa shape index (κ2) is 9.59. The molecule has 0 radical (unpaired) electrons. The summed E-state index contributed by atoms with van der Waals surface area (Å²) in [5.41, 5.74) is 0.0255. The molecule has 1 aliphatic carbocycles. The predicted octanol–water partition coefficient (Wildman–Crippen LogP) is 2.03. The summed E-state index contributed by atoms with van der Waals surface area (Å²) >= 11 is 6.25. The lowest BCUT2D eigenvalue weighted by Crippen LogP contribution is -2.50. The fraction of sp³-hybridized carbons (Fsp3) is 0.565. The first-order valence-corrected chi connectivity index (χ1v) is 11.7. The Morgan fingerprint density at radius 2 is 1.79 bits per heavy atom. The second-order valence-corrected chi connectivity index (χ2v) is 9.47. The molecule has 4 amide bonds. The molecule has 10 heteroatoms. The van der Waals surface area contributed by atoms with Gasteiger partial charge < -0.3 is 19.9 Å². The number of rotatable bonds is 5. The van der Waals surface area contributed by atoms with Crippen LogP contribution in [0.5, 0.6) is 0 Å². The van der Waals surface area contributed by atoms with Crippen molar-refractivity contribution in [3.63, 3.8) is 0 Å². The van der Waals surface area contributed by atoms with Crippen molar-refractivity contribution in [2.45, 2.75) is 38.1 Å². The minimum absolute atomic E-state index is 0.308. The maximum Gasteiger partial charge on any atom is 0.326 e. The molecule has 3 fully saturated rings. The molecule has 1 aromatic rings. The molecule has 0 atom stereocenters. The molecule has 1 aromatic carbocycles. The summed E-state index contributed by atoms with van der Waals surface area (Å²) in [6.45, 7) is 3.41. The molecule has 1 N–H and O–H groups in total. The van der Waals surface area contributed by atoms with Gasteiger partial charge in [-0.25, -0.2) is 4.79 Å². The number of para-hydroxylation sites is 1. The molecule has 0 bridgehead atoms. The summed E-state index contributed by atoms with van der Waals surface area (Å²) in [5, 5.41) is 3.44. The van der Waals surface area contributed by atoms with E-state index in [0.717, 1.165) is 23.4 Å². The molecular formula is C23H29ClN4O5. The average Bonchev–Trinajstić information content (AvgIpc) is 3.04. The Morgan fingerprint density at radius 3 is 2.45 bits per heavy atom. The Bertz CT molecular complexity index is 939. The van der Waals surface area contributed by atoms with Crippen LogP contribution in [0.15, 0.2) is 24.3 Å². The number of hydrogen-bond acceptors (Lipinski definition) is 6. The molecule has 9 nitrogen and oxygen atoms in total. The van der Waals surface area contributed by atoms with Gasteiger partial charge in [0.2, 0.25) is 0 Å². The van der Waals surface area contributed by atoms with Gasteiger partial charge in [0.05, 0.1) is 10.7 Å². The first-order chi connectivity index (χ1) is 15.8. The van der Waals surface area contributed by atoms with E-state index in [1.165, 1.54) is 0 Å². The highest BCUT2D eigenvalue weighted by atomic mass is 35.5. The lowest BCUT2D eigenvalue weighted by atomic mass is 9.77. The zero-order chi connectivity index (χ0) is 23.6. The number of esters is 1. The Kier molecular flexibility index (Phi) is 6.78. The fourth-order valence-electron chi connectivity index (χ4n) is 4.73. The summed E-state index contributed by atoms with van der Waals surface area (Å²) in [4.78, 5) is 54.6. The van der Waals surface area contributed by atoms with Crippen LogP contribution < -0.4 is 10.2 Å². The smallest absolute Gasteiger partial charge is 0.326 e. The van der Waals surface area contributed by atoms with E-state index >= 15 is 0 Å². The van der Waals surface area contributed by atoms with E-state index in [4.69, 9.17) is 16.3 Å². The van der Waals surface area contributed by atoms with Crippen molar-refractivity contribution in [2.75, 3.05) is 44.2 Å². The number of imide groups is 1. The molecule has 33 heavy (non-hydrogen) atoms. The number of halogens is 1. The number of carbonyl (C=O) groups excluding carboxylic acids is 4. The summed E-state index contributed by atoms with van der Waals surface area (Å²) in [6.07, 6.45) is 2.84. The molecule has 0 aromatic heterocycles. The van der Waals surface area contributed by atoms with Gasteiger partial charge in [-0.2, -0.15) is 0 Å². The summed E-state index contributed by atoms with van der Waals surface area (Å²) < 4.78 is 5.10. The van der Waals surface area contributed by atoms with E-state index in [-0.39, 0.29) is 11.8 Å². The van der Waals surface area contributed by atoms with Crippen LogP contribution in [0, 0.1) is 5.92 Å². The zero-order valence-electron chi connectivity index (χ0n) is 18.7.